The summed E-state index contributed by atoms with van der Waals surface area (Å²) >= 11 is 0. The number of likely N-dealkylation sites (tertiary alicyclic amines) is 1. The minimum absolute atomic E-state index is 0.0969. The van der Waals surface area contributed by atoms with E-state index in [9.17, 15) is 41.0 Å². The second-order valence-corrected chi connectivity index (χ2v) is 9.58. The highest BCUT2D eigenvalue weighted by Crippen LogP contribution is 2.43. The summed E-state index contributed by atoms with van der Waals surface area (Å²) in [7, 11) is 0. The lowest BCUT2D eigenvalue weighted by Gasteiger charge is -2.34. The van der Waals surface area contributed by atoms with E-state index in [0.717, 1.165) is 0 Å². The number of nitrogens with two attached hydrogens (primary N) is 1. The van der Waals surface area contributed by atoms with Crippen LogP contribution in [0.2, 0.25) is 0 Å². The molecule has 4 atom stereocenters. The van der Waals surface area contributed by atoms with Crippen LogP contribution in [0.25, 0.3) is 11.3 Å². The van der Waals surface area contributed by atoms with Gasteiger partial charge in [0.1, 0.15) is 11.0 Å². The lowest BCUT2D eigenvalue weighted by atomic mass is 9.89. The van der Waals surface area contributed by atoms with Crippen molar-refractivity contribution in [3.05, 3.63) is 31.4 Å². The van der Waals surface area contributed by atoms with Crippen molar-refractivity contribution in [3.63, 3.8) is 0 Å². The Balaban J connectivity index is 1.65. The fourth-order valence-electron chi connectivity index (χ4n) is 5.30. The first-order chi connectivity index (χ1) is 16.1. The number of halogens is 7. The van der Waals surface area contributed by atoms with E-state index >= 15 is 4.39 Å². The maximum Gasteiger partial charge on any atom is 0.400 e. The van der Waals surface area contributed by atoms with E-state index < -0.39 is 65.9 Å². The summed E-state index contributed by atoms with van der Waals surface area (Å²) in [4.78, 5) is 28.4. The molecule has 196 valence electrons. The minimum atomic E-state index is -5.50. The molecule has 14 heteroatoms. The summed E-state index contributed by atoms with van der Waals surface area (Å²) in [6.45, 7) is 1.49. The summed E-state index contributed by atoms with van der Waals surface area (Å²) < 4.78 is 94.5. The van der Waals surface area contributed by atoms with Gasteiger partial charge in [0.15, 0.2) is 12.1 Å². The molecule has 4 rings (SSSR count). The van der Waals surface area contributed by atoms with Crippen molar-refractivity contribution in [2.45, 2.75) is 69.3 Å². The molecule has 1 aliphatic heterocycles. The van der Waals surface area contributed by atoms with Crippen LogP contribution in [-0.2, 0) is 0 Å². The van der Waals surface area contributed by atoms with Crippen LogP contribution in [0.4, 0.5) is 30.7 Å². The second kappa shape index (κ2) is 8.64. The highest BCUT2D eigenvalue weighted by Gasteiger charge is 2.57. The molecule has 2 fully saturated rings. The molecular formula is C21H25F7N4O3. The van der Waals surface area contributed by atoms with E-state index in [1.165, 1.54) is 16.4 Å². The van der Waals surface area contributed by atoms with E-state index in [4.69, 9.17) is 5.73 Å². The van der Waals surface area contributed by atoms with Crippen LogP contribution in [0.15, 0.2) is 9.59 Å². The topological polar surface area (TPSA) is 104 Å². The Hall–Kier alpha value is -2.35. The molecule has 1 saturated carbocycles. The summed E-state index contributed by atoms with van der Waals surface area (Å²) in [5.41, 5.74) is 4.41. The van der Waals surface area contributed by atoms with Gasteiger partial charge in [0.25, 0.3) is 5.56 Å². The van der Waals surface area contributed by atoms with E-state index in [1.807, 2.05) is 0 Å². The molecule has 0 spiro atoms. The summed E-state index contributed by atoms with van der Waals surface area (Å²) in [5.74, 6) is -5.22. The predicted molar refractivity (Wildman–Crippen MR) is 111 cm³/mol. The Morgan fingerprint density at radius 3 is 2.26 bits per heavy atom. The number of H-pyrrole nitrogens is 1. The van der Waals surface area contributed by atoms with Gasteiger partial charge in [0, 0.05) is 18.6 Å². The molecule has 1 aromatic heterocycles. The molecule has 0 bridgehead atoms. The average Bonchev–Trinajstić information content (AvgIpc) is 3.44. The number of rotatable bonds is 5. The highest BCUT2D eigenvalue weighted by atomic mass is 19.4. The first kappa shape index (κ1) is 25.7. The maximum atomic E-state index is 15.4. The zero-order valence-corrected chi connectivity index (χ0v) is 18.6. The predicted octanol–water partition coefficient (Wildman–Crippen LogP) is 1.21. The first-order valence-electron chi connectivity index (χ1n) is 11.2. The lowest BCUT2D eigenvalue weighted by molar-refractivity contribution is -0.287. The number of nitrogens with one attached hydrogen (secondary N) is 1. The number of hydrogen-bond acceptors (Lipinski definition) is 5. The largest absolute Gasteiger partial charge is 0.508 e. The number of aromatic nitrogens is 2. The smallest absolute Gasteiger partial charge is 0.400 e. The second-order valence-electron chi connectivity index (χ2n) is 9.58. The van der Waals surface area contributed by atoms with Gasteiger partial charge in [-0.05, 0) is 50.6 Å². The van der Waals surface area contributed by atoms with E-state index in [2.05, 4.69) is 4.98 Å². The number of hydrogen-bond donors (Lipinski definition) is 3. The summed E-state index contributed by atoms with van der Waals surface area (Å²) in [6, 6.07) is -2.84. The SMILES string of the molecule is CC1=c2c(c(=O)[nH]c(=O)n2C2CC2)=C(O)C(F)C1N1CCC(C(N)CC(C(F)(F)F)C(F)(F)F)C1. The zero-order valence-electron chi connectivity index (χ0n) is 18.6. The summed E-state index contributed by atoms with van der Waals surface area (Å²) in [5, 5.41) is 10.3. The fraction of sp³-hybridized carbons (Fsp3) is 0.714. The molecule has 0 radical (unpaired) electrons. The Labute approximate surface area is 193 Å². The molecule has 2 aliphatic carbocycles. The number of aromatic amines is 1. The minimum Gasteiger partial charge on any atom is -0.508 e. The molecule has 35 heavy (non-hydrogen) atoms. The molecule has 1 aromatic rings. The number of fused-ring (bicyclic) bond motifs is 1. The van der Waals surface area contributed by atoms with Crippen molar-refractivity contribution < 1.29 is 35.8 Å². The van der Waals surface area contributed by atoms with E-state index in [0.29, 0.717) is 12.8 Å². The monoisotopic (exact) mass is 514 g/mol. The van der Waals surface area contributed by atoms with Gasteiger partial charge >= 0.3 is 18.0 Å². The van der Waals surface area contributed by atoms with Gasteiger partial charge in [0.05, 0.1) is 11.4 Å². The van der Waals surface area contributed by atoms with E-state index in [1.54, 1.807) is 0 Å². The Morgan fingerprint density at radius 1 is 1.11 bits per heavy atom. The van der Waals surface area contributed by atoms with Crippen LogP contribution in [0.3, 0.4) is 0 Å². The van der Waals surface area contributed by atoms with Crippen LogP contribution < -0.4 is 27.6 Å². The Kier molecular flexibility index (Phi) is 6.36. The Bertz CT molecular complexity index is 1220. The standard InChI is InChI=1S/C21H25F7N4O3/c1-8-15-13(18(34)30-19(35)32(15)10-2-3-10)17(33)14(22)16(8)31-5-4-9(7-31)11(29)6-12(20(23,24)25)21(26,27)28/h9-12,14,16,33H,2-7,29H2,1H3,(H,30,34,35). The quantitative estimate of drug-likeness (QED) is 0.513. The van der Waals surface area contributed by atoms with Crippen molar-refractivity contribution in [1.29, 1.82) is 0 Å². The van der Waals surface area contributed by atoms with Crippen LogP contribution in [-0.4, -0.2) is 63.3 Å². The van der Waals surface area contributed by atoms with Crippen LogP contribution in [0.1, 0.15) is 38.6 Å². The zero-order chi connectivity index (χ0) is 26.0. The van der Waals surface area contributed by atoms with Crippen LogP contribution >= 0.6 is 0 Å². The third-order valence-electron chi connectivity index (χ3n) is 7.22. The molecule has 4 N–H and O–H groups in total. The first-order valence-corrected chi connectivity index (χ1v) is 11.2. The van der Waals surface area contributed by atoms with Crippen molar-refractivity contribution in [3.8, 4) is 0 Å². The molecule has 0 amide bonds. The Morgan fingerprint density at radius 2 is 1.71 bits per heavy atom. The van der Waals surface area contributed by atoms with Crippen LogP contribution in [0.5, 0.6) is 0 Å². The van der Waals surface area contributed by atoms with Crippen LogP contribution in [0, 0.1) is 11.8 Å². The number of aliphatic hydroxyl groups is 1. The van der Waals surface area contributed by atoms with Gasteiger partial charge in [-0.15, -0.1) is 0 Å². The van der Waals surface area contributed by atoms with Crippen molar-refractivity contribution in [1.82, 2.24) is 14.5 Å². The van der Waals surface area contributed by atoms with Gasteiger partial charge in [-0.25, -0.2) is 9.18 Å². The molecular weight excluding hydrogens is 489 g/mol. The fourth-order valence-corrected chi connectivity index (χ4v) is 5.30. The highest BCUT2D eigenvalue weighted by molar-refractivity contribution is 5.60. The third-order valence-corrected chi connectivity index (χ3v) is 7.22. The van der Waals surface area contributed by atoms with Crippen molar-refractivity contribution >= 4 is 11.3 Å². The average molecular weight is 514 g/mol. The van der Waals surface area contributed by atoms with Gasteiger partial charge in [-0.2, -0.15) is 26.3 Å². The van der Waals surface area contributed by atoms with Crippen molar-refractivity contribution in [2.24, 2.45) is 17.6 Å². The maximum absolute atomic E-state index is 15.4. The van der Waals surface area contributed by atoms with E-state index in [-0.39, 0.29) is 41.7 Å². The number of alkyl halides is 7. The summed E-state index contributed by atoms with van der Waals surface area (Å²) in [6.07, 6.45) is -13.0. The van der Waals surface area contributed by atoms with Crippen molar-refractivity contribution in [2.75, 3.05) is 13.1 Å². The lowest BCUT2D eigenvalue weighted by Crippen LogP contribution is -2.61. The molecule has 7 nitrogen and oxygen atoms in total. The molecule has 2 heterocycles. The van der Waals surface area contributed by atoms with Gasteiger partial charge < -0.3 is 10.8 Å². The number of nitrogens with zero attached hydrogens (tertiary/aromatic N) is 2. The normalized spacial score (nSPS) is 27.0. The number of aliphatic hydroxyl groups excluding tert-OH is 1. The van der Waals surface area contributed by atoms with Gasteiger partial charge in [-0.3, -0.25) is 19.2 Å². The van der Waals surface area contributed by atoms with Gasteiger partial charge in [-0.1, -0.05) is 0 Å². The third kappa shape index (κ3) is 4.61. The molecule has 4 unspecified atom stereocenters. The van der Waals surface area contributed by atoms with Gasteiger partial charge in [0.2, 0.25) is 0 Å². The molecule has 0 aromatic carbocycles. The molecule has 1 saturated heterocycles. The molecule has 3 aliphatic rings.